The van der Waals surface area contributed by atoms with E-state index in [1.807, 2.05) is 19.1 Å². The van der Waals surface area contributed by atoms with Crippen molar-refractivity contribution in [1.82, 2.24) is 5.32 Å². The van der Waals surface area contributed by atoms with E-state index in [-0.39, 0.29) is 18.8 Å². The predicted octanol–water partition coefficient (Wildman–Crippen LogP) is 1.84. The molecule has 0 bridgehead atoms. The molecule has 17 heavy (non-hydrogen) atoms. The Kier molecular flexibility index (Phi) is 3.66. The molecule has 3 atom stereocenters. The van der Waals surface area contributed by atoms with Crippen molar-refractivity contribution < 1.29 is 14.6 Å². The maximum Gasteiger partial charge on any atom is 0.323 e. The molecule has 0 aromatic heterocycles. The Hall–Kier alpha value is -1.10. The monoisotopic (exact) mass is 255 g/mol. The first-order valence-electron chi connectivity index (χ1n) is 5.44. The molecule has 0 aliphatic carbocycles. The Balaban J connectivity index is 2.09. The highest BCUT2D eigenvalue weighted by Crippen LogP contribution is 2.26. The van der Waals surface area contributed by atoms with Gasteiger partial charge in [-0.1, -0.05) is 23.7 Å². The van der Waals surface area contributed by atoms with Crippen LogP contribution in [0.5, 0.6) is 0 Å². The number of aliphatic carboxylic acids is 1. The highest BCUT2D eigenvalue weighted by molar-refractivity contribution is 6.30. The van der Waals surface area contributed by atoms with Crippen molar-refractivity contribution in [3.63, 3.8) is 0 Å². The molecule has 3 unspecified atom stereocenters. The number of ether oxygens (including phenoxy) is 1. The number of carboxylic acid groups (broad SMARTS) is 1. The highest BCUT2D eigenvalue weighted by atomic mass is 35.5. The number of hydrogen-bond acceptors (Lipinski definition) is 3. The third-order valence-corrected chi connectivity index (χ3v) is 3.11. The van der Waals surface area contributed by atoms with Gasteiger partial charge in [0, 0.05) is 11.1 Å². The first-order chi connectivity index (χ1) is 8.08. The van der Waals surface area contributed by atoms with Crippen LogP contribution in [0.3, 0.4) is 0 Å². The van der Waals surface area contributed by atoms with Crippen LogP contribution in [0.4, 0.5) is 0 Å². The minimum atomic E-state index is -0.883. The molecule has 1 aromatic carbocycles. The molecular weight excluding hydrogens is 242 g/mol. The van der Waals surface area contributed by atoms with Crippen LogP contribution in [0.1, 0.15) is 18.6 Å². The number of benzene rings is 1. The van der Waals surface area contributed by atoms with Crippen LogP contribution in [-0.4, -0.2) is 29.8 Å². The van der Waals surface area contributed by atoms with E-state index in [2.05, 4.69) is 5.32 Å². The second-order valence-electron chi connectivity index (χ2n) is 4.15. The smallest absolute Gasteiger partial charge is 0.323 e. The summed E-state index contributed by atoms with van der Waals surface area (Å²) in [6.07, 6.45) is -0.136. The van der Waals surface area contributed by atoms with Crippen LogP contribution in [0.25, 0.3) is 0 Å². The second-order valence-corrected chi connectivity index (χ2v) is 4.59. The SMILES string of the molecule is CC1NC(C(=O)O)COC1c1ccc(Cl)cc1. The minimum absolute atomic E-state index is 0.0500. The molecule has 1 aliphatic rings. The van der Waals surface area contributed by atoms with Gasteiger partial charge in [0.25, 0.3) is 0 Å². The third-order valence-electron chi connectivity index (χ3n) is 2.86. The fraction of sp³-hybridized carbons (Fsp3) is 0.417. The Morgan fingerprint density at radius 2 is 2.12 bits per heavy atom. The Bertz CT molecular complexity index is 407. The van der Waals surface area contributed by atoms with Crippen LogP contribution >= 0.6 is 11.6 Å². The number of morpholine rings is 1. The average molecular weight is 256 g/mol. The van der Waals surface area contributed by atoms with E-state index in [0.717, 1.165) is 5.56 Å². The van der Waals surface area contributed by atoms with Gasteiger partial charge in [-0.3, -0.25) is 10.1 Å². The molecule has 1 saturated heterocycles. The van der Waals surface area contributed by atoms with Gasteiger partial charge in [0.15, 0.2) is 0 Å². The minimum Gasteiger partial charge on any atom is -0.480 e. The van der Waals surface area contributed by atoms with E-state index >= 15 is 0 Å². The molecule has 0 spiro atoms. The average Bonchev–Trinajstić information content (AvgIpc) is 2.30. The number of rotatable bonds is 2. The topological polar surface area (TPSA) is 58.6 Å². The molecule has 0 saturated carbocycles. The fourth-order valence-corrected chi connectivity index (χ4v) is 2.10. The molecule has 2 rings (SSSR count). The fourth-order valence-electron chi connectivity index (χ4n) is 1.98. The van der Waals surface area contributed by atoms with Gasteiger partial charge in [-0.25, -0.2) is 0 Å². The van der Waals surface area contributed by atoms with E-state index in [4.69, 9.17) is 21.4 Å². The van der Waals surface area contributed by atoms with Gasteiger partial charge in [0.1, 0.15) is 6.04 Å². The van der Waals surface area contributed by atoms with Gasteiger partial charge in [0.2, 0.25) is 0 Å². The number of nitrogens with one attached hydrogen (secondary N) is 1. The third kappa shape index (κ3) is 2.77. The molecule has 2 N–H and O–H groups in total. The van der Waals surface area contributed by atoms with Crippen molar-refractivity contribution >= 4 is 17.6 Å². The van der Waals surface area contributed by atoms with Gasteiger partial charge < -0.3 is 9.84 Å². The summed E-state index contributed by atoms with van der Waals surface area (Å²) in [7, 11) is 0. The maximum atomic E-state index is 10.8. The molecule has 1 heterocycles. The van der Waals surface area contributed by atoms with E-state index < -0.39 is 12.0 Å². The van der Waals surface area contributed by atoms with Crippen molar-refractivity contribution in [2.45, 2.75) is 25.1 Å². The van der Waals surface area contributed by atoms with Crippen LogP contribution in [0.2, 0.25) is 5.02 Å². The molecule has 0 radical (unpaired) electrons. The Labute approximate surface area is 105 Å². The molecule has 92 valence electrons. The lowest BCUT2D eigenvalue weighted by atomic mass is 10.0. The van der Waals surface area contributed by atoms with Crippen LogP contribution in [0.15, 0.2) is 24.3 Å². The zero-order chi connectivity index (χ0) is 12.4. The van der Waals surface area contributed by atoms with Gasteiger partial charge in [-0.15, -0.1) is 0 Å². The van der Waals surface area contributed by atoms with Crippen LogP contribution in [0, 0.1) is 0 Å². The molecule has 1 aromatic rings. The second kappa shape index (κ2) is 5.04. The van der Waals surface area contributed by atoms with Crippen LogP contribution in [-0.2, 0) is 9.53 Å². The summed E-state index contributed by atoms with van der Waals surface area (Å²) in [6, 6.07) is 6.71. The van der Waals surface area contributed by atoms with E-state index in [1.54, 1.807) is 12.1 Å². The first kappa shape index (κ1) is 12.4. The lowest BCUT2D eigenvalue weighted by molar-refractivity contribution is -0.145. The molecule has 5 heteroatoms. The van der Waals surface area contributed by atoms with Gasteiger partial charge in [-0.05, 0) is 24.6 Å². The van der Waals surface area contributed by atoms with Gasteiger partial charge in [0.05, 0.1) is 12.7 Å². The van der Waals surface area contributed by atoms with Crippen molar-refractivity contribution in [3.05, 3.63) is 34.9 Å². The molecule has 0 amide bonds. The quantitative estimate of drug-likeness (QED) is 0.847. The van der Waals surface area contributed by atoms with E-state index in [0.29, 0.717) is 5.02 Å². The first-order valence-corrected chi connectivity index (χ1v) is 5.81. The zero-order valence-electron chi connectivity index (χ0n) is 9.39. The van der Waals surface area contributed by atoms with Gasteiger partial charge in [-0.2, -0.15) is 0 Å². The highest BCUT2D eigenvalue weighted by Gasteiger charge is 2.32. The summed E-state index contributed by atoms with van der Waals surface area (Å²) in [5.74, 6) is -0.883. The van der Waals surface area contributed by atoms with Crippen molar-refractivity contribution in [3.8, 4) is 0 Å². The molecule has 4 nitrogen and oxygen atoms in total. The molecule has 1 aliphatic heterocycles. The summed E-state index contributed by atoms with van der Waals surface area (Å²) < 4.78 is 5.60. The summed E-state index contributed by atoms with van der Waals surface area (Å²) in [5, 5.41) is 12.6. The zero-order valence-corrected chi connectivity index (χ0v) is 10.1. The summed E-state index contributed by atoms with van der Waals surface area (Å²) >= 11 is 5.82. The summed E-state index contributed by atoms with van der Waals surface area (Å²) in [6.45, 7) is 2.08. The Morgan fingerprint density at radius 1 is 1.47 bits per heavy atom. The molecular formula is C12H14ClNO3. The Morgan fingerprint density at radius 3 is 2.65 bits per heavy atom. The van der Waals surface area contributed by atoms with Crippen molar-refractivity contribution in [2.24, 2.45) is 0 Å². The van der Waals surface area contributed by atoms with E-state index in [1.165, 1.54) is 0 Å². The van der Waals surface area contributed by atoms with Crippen LogP contribution < -0.4 is 5.32 Å². The van der Waals surface area contributed by atoms with E-state index in [9.17, 15) is 4.79 Å². The van der Waals surface area contributed by atoms with Gasteiger partial charge >= 0.3 is 5.97 Å². The largest absolute Gasteiger partial charge is 0.480 e. The van der Waals surface area contributed by atoms with Crippen molar-refractivity contribution in [1.29, 1.82) is 0 Å². The number of carboxylic acids is 1. The van der Waals surface area contributed by atoms with Crippen molar-refractivity contribution in [2.75, 3.05) is 6.61 Å². The molecule has 1 fully saturated rings. The number of halogens is 1. The predicted molar refractivity (Wildman–Crippen MR) is 64.2 cm³/mol. The standard InChI is InChI=1S/C12H14ClNO3/c1-7-11(8-2-4-9(13)5-3-8)17-6-10(14-7)12(15)16/h2-5,7,10-11,14H,6H2,1H3,(H,15,16). The number of hydrogen-bond donors (Lipinski definition) is 2. The summed E-state index contributed by atoms with van der Waals surface area (Å²) in [5.41, 5.74) is 0.998. The summed E-state index contributed by atoms with van der Waals surface area (Å²) in [4.78, 5) is 10.8. The lowest BCUT2D eigenvalue weighted by Gasteiger charge is -2.34. The normalized spacial score (nSPS) is 28.9. The maximum absolute atomic E-state index is 10.8. The number of carbonyl (C=O) groups is 1. The lowest BCUT2D eigenvalue weighted by Crippen LogP contribution is -2.52.